The molecule has 2 nitrogen and oxygen atoms in total. The number of carbonyl (C=O) groups excluding carboxylic acids is 1. The summed E-state index contributed by atoms with van der Waals surface area (Å²) in [5, 5.41) is 9.82. The van der Waals surface area contributed by atoms with Gasteiger partial charge in [-0.25, -0.2) is 0 Å². The van der Waals surface area contributed by atoms with E-state index in [1.807, 2.05) is 6.92 Å². The van der Waals surface area contributed by atoms with E-state index in [9.17, 15) is 9.90 Å². The molecule has 0 N–H and O–H groups in total. The minimum absolute atomic E-state index is 0. The van der Waals surface area contributed by atoms with Crippen LogP contribution in [0.5, 0.6) is 0 Å². The lowest BCUT2D eigenvalue weighted by Crippen LogP contribution is -2.28. The highest BCUT2D eigenvalue weighted by molar-refractivity contribution is 5.66. The lowest BCUT2D eigenvalue weighted by atomic mass is 9.99. The summed E-state index contributed by atoms with van der Waals surface area (Å²) in [6.45, 7) is 7.93. The Morgan fingerprint density at radius 3 is 1.89 bits per heavy atom. The molecule has 0 aliphatic carbocycles. The molecular formula is C16H26O2. The van der Waals surface area contributed by atoms with E-state index in [-0.39, 0.29) is 13.3 Å². The number of rotatable bonds is 4. The molecule has 1 aromatic carbocycles. The molecule has 18 heavy (non-hydrogen) atoms. The molecule has 1 rings (SSSR count). The maximum Gasteiger partial charge on any atom is 0.0467 e. The summed E-state index contributed by atoms with van der Waals surface area (Å²) >= 11 is 0. The number of hydrogen-bond acceptors (Lipinski definition) is 2. The first-order chi connectivity index (χ1) is 8.02. The van der Waals surface area contributed by atoms with Crippen molar-refractivity contribution >= 4 is 5.97 Å². The van der Waals surface area contributed by atoms with Crippen LogP contribution in [0.25, 0.3) is 0 Å². The predicted molar refractivity (Wildman–Crippen MR) is 76.0 cm³/mol. The molecule has 1 aromatic rings. The van der Waals surface area contributed by atoms with Crippen LogP contribution in [0.4, 0.5) is 0 Å². The third-order valence-corrected chi connectivity index (χ3v) is 3.00. The Bertz CT molecular complexity index is 306. The van der Waals surface area contributed by atoms with Crippen LogP contribution >= 0.6 is 0 Å². The van der Waals surface area contributed by atoms with Crippen LogP contribution in [-0.2, 0) is 4.79 Å². The third kappa shape index (κ3) is 7.77. The van der Waals surface area contributed by atoms with Crippen LogP contribution in [0.3, 0.4) is 0 Å². The fraction of sp³-hybridized carbons (Fsp3) is 0.500. The highest BCUT2D eigenvalue weighted by Crippen LogP contribution is 2.16. The standard InChI is InChI=1S/C10H14.C5H10O2.CH3/c1-3-9(2)10-7-5-4-6-8-10;1-3-4(2)5(6)7;/h4-9H,3H2,1-2H3;4H,3H2,1-2H3,(H,6,7);1H3/q;;+1/p-1. The van der Waals surface area contributed by atoms with Gasteiger partial charge in [0.05, 0.1) is 0 Å². The van der Waals surface area contributed by atoms with Crippen molar-refractivity contribution in [2.24, 2.45) is 5.92 Å². The van der Waals surface area contributed by atoms with Gasteiger partial charge in [-0.1, -0.05) is 58.0 Å². The molecular weight excluding hydrogens is 224 g/mol. The normalized spacial score (nSPS) is 12.4. The second kappa shape index (κ2) is 10.7. The number of hydrogen-bond donors (Lipinski definition) is 0. The van der Waals surface area contributed by atoms with Gasteiger partial charge in [-0.05, 0) is 30.2 Å². The predicted octanol–water partition coefficient (Wildman–Crippen LogP) is 3.43. The zero-order valence-corrected chi connectivity index (χ0v) is 12.3. The van der Waals surface area contributed by atoms with E-state index in [0.717, 1.165) is 0 Å². The summed E-state index contributed by atoms with van der Waals surface area (Å²) in [7, 11) is 0. The van der Waals surface area contributed by atoms with E-state index >= 15 is 0 Å². The first-order valence-corrected chi connectivity index (χ1v) is 6.28. The van der Waals surface area contributed by atoms with Gasteiger partial charge < -0.3 is 9.90 Å². The number of benzene rings is 1. The quantitative estimate of drug-likeness (QED) is 0.768. The SMILES string of the molecule is CCC(C)C(=O)[O-].CCC(C)c1ccccc1.[CH3+]. The van der Waals surface area contributed by atoms with Gasteiger partial charge in [0.2, 0.25) is 0 Å². The molecule has 0 heterocycles. The van der Waals surface area contributed by atoms with Crippen LogP contribution in [0.2, 0.25) is 0 Å². The van der Waals surface area contributed by atoms with Crippen molar-refractivity contribution in [3.63, 3.8) is 0 Å². The Balaban J connectivity index is 0. The smallest absolute Gasteiger partial charge is 0.0467 e. The largest absolute Gasteiger partial charge is 0.550 e. The van der Waals surface area contributed by atoms with Crippen molar-refractivity contribution in [1.29, 1.82) is 0 Å². The van der Waals surface area contributed by atoms with Crippen LogP contribution in [-0.4, -0.2) is 5.97 Å². The van der Waals surface area contributed by atoms with Gasteiger partial charge >= 0.3 is 0 Å². The molecule has 0 bridgehead atoms. The first-order valence-electron chi connectivity index (χ1n) is 6.28. The van der Waals surface area contributed by atoms with Crippen molar-refractivity contribution in [2.45, 2.75) is 46.5 Å². The van der Waals surface area contributed by atoms with Gasteiger partial charge in [0, 0.05) is 13.4 Å². The van der Waals surface area contributed by atoms with Gasteiger partial charge in [-0.3, -0.25) is 0 Å². The maximum atomic E-state index is 9.82. The van der Waals surface area contributed by atoms with Crippen molar-refractivity contribution in [3.05, 3.63) is 43.3 Å². The van der Waals surface area contributed by atoms with Crippen LogP contribution in [0, 0.1) is 13.3 Å². The van der Waals surface area contributed by atoms with Crippen molar-refractivity contribution in [1.82, 2.24) is 0 Å². The third-order valence-electron chi connectivity index (χ3n) is 3.00. The fourth-order valence-electron chi connectivity index (χ4n) is 1.18. The minimum Gasteiger partial charge on any atom is -0.550 e. The highest BCUT2D eigenvalue weighted by Gasteiger charge is 1.98. The van der Waals surface area contributed by atoms with Crippen LogP contribution < -0.4 is 5.11 Å². The second-order valence-electron chi connectivity index (χ2n) is 4.35. The van der Waals surface area contributed by atoms with E-state index < -0.39 is 5.97 Å². The summed E-state index contributed by atoms with van der Waals surface area (Å²) < 4.78 is 0. The van der Waals surface area contributed by atoms with Crippen molar-refractivity contribution < 1.29 is 9.90 Å². The summed E-state index contributed by atoms with van der Waals surface area (Å²) in [5.41, 5.74) is 1.45. The molecule has 0 saturated carbocycles. The number of carboxylic acids is 1. The zero-order chi connectivity index (χ0) is 13.3. The molecule has 0 aliphatic rings. The number of aliphatic carboxylic acids is 1. The molecule has 2 atom stereocenters. The summed E-state index contributed by atoms with van der Waals surface area (Å²) in [6.07, 6.45) is 1.88. The zero-order valence-electron chi connectivity index (χ0n) is 12.3. The van der Waals surface area contributed by atoms with E-state index in [4.69, 9.17) is 0 Å². The molecule has 2 unspecified atom stereocenters. The minimum atomic E-state index is -0.956. The Hall–Kier alpha value is -1.44. The maximum absolute atomic E-state index is 9.82. The topological polar surface area (TPSA) is 40.1 Å². The number of carbonyl (C=O) groups is 1. The van der Waals surface area contributed by atoms with Crippen LogP contribution in [0.15, 0.2) is 30.3 Å². The van der Waals surface area contributed by atoms with Gasteiger partial charge in [0.1, 0.15) is 0 Å². The van der Waals surface area contributed by atoms with Gasteiger partial charge in [0.25, 0.3) is 0 Å². The average Bonchev–Trinajstić information content (AvgIpc) is 2.38. The summed E-state index contributed by atoms with van der Waals surface area (Å²) in [6, 6.07) is 10.6. The molecule has 0 radical (unpaired) electrons. The number of carboxylic acid groups (broad SMARTS) is 1. The molecule has 0 aliphatic heterocycles. The Kier molecular flexibility index (Phi) is 11.2. The fourth-order valence-corrected chi connectivity index (χ4v) is 1.18. The Labute approximate surface area is 112 Å². The van der Waals surface area contributed by atoms with Gasteiger partial charge in [-0.2, -0.15) is 0 Å². The lowest BCUT2D eigenvalue weighted by molar-refractivity contribution is -0.311. The molecule has 0 aromatic heterocycles. The molecule has 0 saturated heterocycles. The average molecular weight is 250 g/mol. The first kappa shape index (κ1) is 18.9. The van der Waals surface area contributed by atoms with E-state index in [1.165, 1.54) is 12.0 Å². The van der Waals surface area contributed by atoms with E-state index in [2.05, 4.69) is 44.2 Å². The Morgan fingerprint density at radius 1 is 1.11 bits per heavy atom. The summed E-state index contributed by atoms with van der Waals surface area (Å²) in [4.78, 5) is 9.82. The van der Waals surface area contributed by atoms with Crippen LogP contribution in [0.1, 0.15) is 52.0 Å². The lowest BCUT2D eigenvalue weighted by Gasteiger charge is -2.06. The van der Waals surface area contributed by atoms with Gasteiger partial charge in [-0.15, -0.1) is 0 Å². The molecule has 0 spiro atoms. The van der Waals surface area contributed by atoms with Gasteiger partial charge in [0.15, 0.2) is 0 Å². The molecule has 102 valence electrons. The Morgan fingerprint density at radius 2 is 1.61 bits per heavy atom. The highest BCUT2D eigenvalue weighted by atomic mass is 16.4. The molecule has 0 fully saturated rings. The van der Waals surface area contributed by atoms with Crippen molar-refractivity contribution in [3.8, 4) is 0 Å². The monoisotopic (exact) mass is 250 g/mol. The van der Waals surface area contributed by atoms with E-state index in [1.54, 1.807) is 6.92 Å². The van der Waals surface area contributed by atoms with Crippen molar-refractivity contribution in [2.75, 3.05) is 0 Å². The van der Waals surface area contributed by atoms with E-state index in [0.29, 0.717) is 12.3 Å². The molecule has 0 amide bonds. The molecule has 2 heteroatoms. The summed E-state index contributed by atoms with van der Waals surface area (Å²) in [5.74, 6) is -0.538. The second-order valence-corrected chi connectivity index (χ2v) is 4.35.